The molecule has 2 aliphatic rings. The molecule has 2 aromatic carbocycles. The van der Waals surface area contributed by atoms with Crippen LogP contribution in [-0.2, 0) is 0 Å². The van der Waals surface area contributed by atoms with Crippen LogP contribution in [0.4, 0.5) is 5.69 Å². The largest absolute Gasteiger partial charge is 0.317 e. The van der Waals surface area contributed by atoms with Gasteiger partial charge >= 0.3 is 0 Å². The van der Waals surface area contributed by atoms with E-state index in [-0.39, 0.29) is 0 Å². The van der Waals surface area contributed by atoms with Crippen LogP contribution in [0, 0.1) is 5.92 Å². The van der Waals surface area contributed by atoms with E-state index in [0.29, 0.717) is 5.92 Å². The maximum absolute atomic E-state index is 5.14. The summed E-state index contributed by atoms with van der Waals surface area (Å²) in [5.41, 5.74) is 3.75. The van der Waals surface area contributed by atoms with Crippen LogP contribution >= 0.6 is 11.8 Å². The van der Waals surface area contributed by atoms with E-state index < -0.39 is 0 Å². The Morgan fingerprint density at radius 1 is 0.870 bits per heavy atom. The smallest absolute Gasteiger partial charge is 0.0772 e. The minimum Gasteiger partial charge on any atom is -0.317 e. The first kappa shape index (κ1) is 15.0. The van der Waals surface area contributed by atoms with Crippen molar-refractivity contribution in [3.63, 3.8) is 0 Å². The molecule has 0 saturated carbocycles. The molecule has 1 atom stereocenters. The second kappa shape index (κ2) is 6.90. The van der Waals surface area contributed by atoms with Crippen LogP contribution in [0.1, 0.15) is 31.2 Å². The second-order valence-corrected chi connectivity index (χ2v) is 7.38. The Hall–Kier alpha value is -1.58. The lowest BCUT2D eigenvalue weighted by molar-refractivity contribution is 0.464. The molecule has 0 amide bonds. The molecule has 2 aromatic rings. The van der Waals surface area contributed by atoms with Gasteiger partial charge in [-0.1, -0.05) is 48.5 Å². The van der Waals surface area contributed by atoms with Gasteiger partial charge in [0.05, 0.1) is 11.4 Å². The second-order valence-electron chi connectivity index (χ2n) is 6.29. The third-order valence-electron chi connectivity index (χ3n) is 4.70. The molecule has 2 nitrogen and oxygen atoms in total. The predicted molar refractivity (Wildman–Crippen MR) is 98.0 cm³/mol. The highest BCUT2D eigenvalue weighted by Gasteiger charge is 2.24. The van der Waals surface area contributed by atoms with Crippen molar-refractivity contribution in [2.24, 2.45) is 10.9 Å². The van der Waals surface area contributed by atoms with Gasteiger partial charge in [0.25, 0.3) is 0 Å². The normalized spacial score (nSPS) is 21.2. The van der Waals surface area contributed by atoms with Crippen molar-refractivity contribution in [3.8, 4) is 0 Å². The zero-order valence-corrected chi connectivity index (χ0v) is 14.1. The van der Waals surface area contributed by atoms with Crippen LogP contribution < -0.4 is 5.32 Å². The fourth-order valence-corrected chi connectivity index (χ4v) is 4.51. The zero-order chi connectivity index (χ0) is 15.5. The lowest BCUT2D eigenvalue weighted by Gasteiger charge is -2.23. The summed E-state index contributed by atoms with van der Waals surface area (Å²) in [5, 5.41) is 3.55. The van der Waals surface area contributed by atoms with Crippen molar-refractivity contribution < 1.29 is 0 Å². The monoisotopic (exact) mass is 322 g/mol. The molecule has 0 radical (unpaired) electrons. The third kappa shape index (κ3) is 3.22. The van der Waals surface area contributed by atoms with Crippen molar-refractivity contribution in [2.45, 2.75) is 35.5 Å². The molecular weight excluding hydrogens is 300 g/mol. The van der Waals surface area contributed by atoms with Gasteiger partial charge in [0.1, 0.15) is 0 Å². The first-order valence-electron chi connectivity index (χ1n) is 8.57. The molecule has 3 heteroatoms. The van der Waals surface area contributed by atoms with Gasteiger partial charge in [0, 0.05) is 21.3 Å². The van der Waals surface area contributed by atoms with E-state index in [9.17, 15) is 0 Å². The highest BCUT2D eigenvalue weighted by atomic mass is 32.2. The van der Waals surface area contributed by atoms with E-state index in [2.05, 4.69) is 53.8 Å². The number of hydrogen-bond donors (Lipinski definition) is 1. The van der Waals surface area contributed by atoms with Gasteiger partial charge in [0.15, 0.2) is 0 Å². The molecule has 1 N–H and O–H groups in total. The lowest BCUT2D eigenvalue weighted by Crippen LogP contribution is -2.26. The van der Waals surface area contributed by atoms with E-state index >= 15 is 0 Å². The molecule has 2 aliphatic heterocycles. The first-order chi connectivity index (χ1) is 11.4. The fraction of sp³-hybridized carbons (Fsp3) is 0.350. The van der Waals surface area contributed by atoms with Crippen molar-refractivity contribution in [1.29, 1.82) is 0 Å². The van der Waals surface area contributed by atoms with E-state index in [0.717, 1.165) is 18.8 Å². The average molecular weight is 322 g/mol. The number of para-hydroxylation sites is 1. The van der Waals surface area contributed by atoms with Crippen LogP contribution in [0.3, 0.4) is 0 Å². The number of aliphatic imine (C=N–C) groups is 1. The summed E-state index contributed by atoms with van der Waals surface area (Å²) in [5.74, 6) is 0.552. The van der Waals surface area contributed by atoms with Gasteiger partial charge < -0.3 is 5.32 Å². The van der Waals surface area contributed by atoms with E-state index in [1.807, 2.05) is 11.8 Å². The summed E-state index contributed by atoms with van der Waals surface area (Å²) in [6.07, 6.45) is 4.99. The van der Waals surface area contributed by atoms with E-state index in [1.54, 1.807) is 0 Å². The van der Waals surface area contributed by atoms with Crippen molar-refractivity contribution in [3.05, 3.63) is 54.1 Å². The van der Waals surface area contributed by atoms with Gasteiger partial charge in [-0.3, -0.25) is 4.99 Å². The highest BCUT2D eigenvalue weighted by Crippen LogP contribution is 2.41. The molecule has 0 aliphatic carbocycles. The van der Waals surface area contributed by atoms with Crippen LogP contribution in [0.5, 0.6) is 0 Å². The number of nitrogens with one attached hydrogen (secondary N) is 1. The summed E-state index contributed by atoms with van der Waals surface area (Å²) in [6, 6.07) is 17.3. The summed E-state index contributed by atoms with van der Waals surface area (Å²) in [7, 11) is 0. The maximum Gasteiger partial charge on any atom is 0.0772 e. The number of fused-ring (bicyclic) bond motifs is 2. The van der Waals surface area contributed by atoms with Gasteiger partial charge in [-0.25, -0.2) is 0 Å². The highest BCUT2D eigenvalue weighted by molar-refractivity contribution is 7.99. The van der Waals surface area contributed by atoms with Gasteiger partial charge in [-0.15, -0.1) is 0 Å². The minimum atomic E-state index is 0.552. The Balaban J connectivity index is 1.80. The van der Waals surface area contributed by atoms with Crippen molar-refractivity contribution in [2.75, 3.05) is 13.1 Å². The summed E-state index contributed by atoms with van der Waals surface area (Å²) >= 11 is 1.85. The summed E-state index contributed by atoms with van der Waals surface area (Å²) in [6.45, 7) is 2.26. The predicted octanol–water partition coefficient (Wildman–Crippen LogP) is 5.05. The standard InChI is InChI=1S/C20H22N2S/c1-3-10-18-16(8-1)20(15-7-5-6-13-21-14-12-15)22-17-9-2-4-11-19(17)23-18/h1-4,8-11,15,21H,5-7,12-14H2. The molecule has 1 fully saturated rings. The van der Waals surface area contributed by atoms with Crippen molar-refractivity contribution >= 4 is 23.2 Å². The lowest BCUT2D eigenvalue weighted by atomic mass is 9.88. The Morgan fingerprint density at radius 3 is 2.65 bits per heavy atom. The van der Waals surface area contributed by atoms with E-state index in [1.165, 1.54) is 46.7 Å². The molecule has 4 rings (SSSR count). The average Bonchev–Trinajstić information content (AvgIpc) is 2.71. The molecule has 0 aromatic heterocycles. The molecule has 0 spiro atoms. The molecule has 1 saturated heterocycles. The molecule has 0 bridgehead atoms. The quantitative estimate of drug-likeness (QED) is 0.794. The van der Waals surface area contributed by atoms with Crippen LogP contribution in [0.2, 0.25) is 0 Å². The third-order valence-corrected chi connectivity index (χ3v) is 5.84. The molecular formula is C20H22N2S. The Labute approximate surface area is 142 Å². The maximum atomic E-state index is 5.14. The van der Waals surface area contributed by atoms with Gasteiger partial charge in [0.2, 0.25) is 0 Å². The number of hydrogen-bond acceptors (Lipinski definition) is 3. The first-order valence-corrected chi connectivity index (χ1v) is 9.39. The number of benzene rings is 2. The molecule has 118 valence electrons. The van der Waals surface area contributed by atoms with Gasteiger partial charge in [-0.05, 0) is 50.6 Å². The molecule has 2 heterocycles. The fourth-order valence-electron chi connectivity index (χ4n) is 3.48. The SMILES string of the molecule is c1ccc2c(c1)N=C(C1CCCCNCC1)c1ccccc1S2. The number of rotatable bonds is 1. The Morgan fingerprint density at radius 2 is 1.70 bits per heavy atom. The summed E-state index contributed by atoms with van der Waals surface area (Å²) in [4.78, 5) is 7.75. The molecule has 1 unspecified atom stereocenters. The van der Waals surface area contributed by atoms with Crippen LogP contribution in [0.25, 0.3) is 0 Å². The van der Waals surface area contributed by atoms with E-state index in [4.69, 9.17) is 4.99 Å². The Kier molecular flexibility index (Phi) is 4.49. The summed E-state index contributed by atoms with van der Waals surface area (Å²) < 4.78 is 0. The Bertz CT molecular complexity index is 715. The van der Waals surface area contributed by atoms with Crippen LogP contribution in [0.15, 0.2) is 63.3 Å². The van der Waals surface area contributed by atoms with Gasteiger partial charge in [-0.2, -0.15) is 0 Å². The minimum absolute atomic E-state index is 0.552. The zero-order valence-electron chi connectivity index (χ0n) is 13.3. The van der Waals surface area contributed by atoms with Crippen LogP contribution in [-0.4, -0.2) is 18.8 Å². The molecule has 23 heavy (non-hydrogen) atoms. The topological polar surface area (TPSA) is 24.4 Å². The number of nitrogens with zero attached hydrogens (tertiary/aromatic N) is 1. The van der Waals surface area contributed by atoms with Crippen molar-refractivity contribution in [1.82, 2.24) is 5.32 Å².